The zero-order valence-electron chi connectivity index (χ0n) is 10.5. The molecular weight excluding hydrogens is 238 g/mol. The Hall–Kier alpha value is -1.04. The molecule has 0 aromatic heterocycles. The number of benzene rings is 1. The van der Waals surface area contributed by atoms with Crippen LogP contribution in [0.4, 0.5) is 8.78 Å². The third kappa shape index (κ3) is 3.48. The Bertz CT molecular complexity index is 401. The molecule has 3 nitrogen and oxygen atoms in total. The molecule has 1 fully saturated rings. The van der Waals surface area contributed by atoms with Gasteiger partial charge in [-0.3, -0.25) is 0 Å². The van der Waals surface area contributed by atoms with Crippen LogP contribution in [0.2, 0.25) is 0 Å². The third-order valence-electron chi connectivity index (χ3n) is 3.06. The van der Waals surface area contributed by atoms with Gasteiger partial charge in [0, 0.05) is 31.7 Å². The van der Waals surface area contributed by atoms with Gasteiger partial charge in [-0.25, -0.2) is 8.78 Å². The van der Waals surface area contributed by atoms with Gasteiger partial charge >= 0.3 is 0 Å². The van der Waals surface area contributed by atoms with E-state index in [1.807, 2.05) is 7.05 Å². The molecule has 1 N–H and O–H groups in total. The summed E-state index contributed by atoms with van der Waals surface area (Å²) in [5.74, 6) is -1.57. The van der Waals surface area contributed by atoms with E-state index >= 15 is 0 Å². The number of ether oxygens (including phenoxy) is 1. The third-order valence-corrected chi connectivity index (χ3v) is 3.06. The summed E-state index contributed by atoms with van der Waals surface area (Å²) in [6.07, 6.45) is 0.111. The van der Waals surface area contributed by atoms with Crippen molar-refractivity contribution in [2.24, 2.45) is 0 Å². The highest BCUT2D eigenvalue weighted by Crippen LogP contribution is 2.11. The molecule has 100 valence electrons. The largest absolute Gasteiger partial charge is 0.374 e. The molecular formula is C13H18F2N2O. The van der Waals surface area contributed by atoms with Crippen molar-refractivity contribution >= 4 is 0 Å². The standard InChI is InChI=1S/C13H18F2N2O/c1-17-5-6-18-11(9-17)8-16-7-10-3-2-4-12(14)13(10)15/h2-4,11,16H,5-9H2,1H3. The molecule has 0 spiro atoms. The van der Waals surface area contributed by atoms with Crippen molar-refractivity contribution in [3.63, 3.8) is 0 Å². The maximum Gasteiger partial charge on any atom is 0.163 e. The van der Waals surface area contributed by atoms with Crippen molar-refractivity contribution in [2.75, 3.05) is 33.3 Å². The fourth-order valence-corrected chi connectivity index (χ4v) is 2.04. The molecule has 2 rings (SSSR count). The SMILES string of the molecule is CN1CCOC(CNCc2cccc(F)c2F)C1. The number of hydrogen-bond acceptors (Lipinski definition) is 3. The number of nitrogens with one attached hydrogen (secondary N) is 1. The first-order chi connectivity index (χ1) is 8.66. The van der Waals surface area contributed by atoms with Crippen molar-refractivity contribution in [3.8, 4) is 0 Å². The van der Waals surface area contributed by atoms with Gasteiger partial charge in [0.25, 0.3) is 0 Å². The summed E-state index contributed by atoms with van der Waals surface area (Å²) >= 11 is 0. The first-order valence-electron chi connectivity index (χ1n) is 6.10. The van der Waals surface area contributed by atoms with Gasteiger partial charge in [-0.1, -0.05) is 12.1 Å². The highest BCUT2D eigenvalue weighted by atomic mass is 19.2. The quantitative estimate of drug-likeness (QED) is 0.881. The molecule has 0 amide bonds. The second-order valence-corrected chi connectivity index (χ2v) is 4.60. The highest BCUT2D eigenvalue weighted by Gasteiger charge is 2.17. The van der Waals surface area contributed by atoms with E-state index in [2.05, 4.69) is 10.2 Å². The fraction of sp³-hybridized carbons (Fsp3) is 0.538. The first-order valence-corrected chi connectivity index (χ1v) is 6.10. The Labute approximate surface area is 106 Å². The number of morpholine rings is 1. The van der Waals surface area contributed by atoms with Gasteiger partial charge in [0.15, 0.2) is 11.6 Å². The zero-order valence-corrected chi connectivity index (χ0v) is 10.5. The van der Waals surface area contributed by atoms with Gasteiger partial charge in [0.2, 0.25) is 0 Å². The Morgan fingerprint density at radius 2 is 2.28 bits per heavy atom. The predicted octanol–water partition coefficient (Wildman–Crippen LogP) is 1.38. The number of hydrogen-bond donors (Lipinski definition) is 1. The van der Waals surface area contributed by atoms with Crippen molar-refractivity contribution in [2.45, 2.75) is 12.6 Å². The van der Waals surface area contributed by atoms with Crippen LogP contribution in [-0.2, 0) is 11.3 Å². The van der Waals surface area contributed by atoms with E-state index in [-0.39, 0.29) is 6.10 Å². The number of likely N-dealkylation sites (N-methyl/N-ethyl adjacent to an activating group) is 1. The topological polar surface area (TPSA) is 24.5 Å². The van der Waals surface area contributed by atoms with E-state index in [9.17, 15) is 8.78 Å². The minimum absolute atomic E-state index is 0.111. The van der Waals surface area contributed by atoms with Gasteiger partial charge in [-0.05, 0) is 13.1 Å². The number of halogens is 2. The lowest BCUT2D eigenvalue weighted by molar-refractivity contribution is -0.0182. The van der Waals surface area contributed by atoms with E-state index in [0.717, 1.165) is 25.8 Å². The van der Waals surface area contributed by atoms with Crippen LogP contribution < -0.4 is 5.32 Å². The summed E-state index contributed by atoms with van der Waals surface area (Å²) in [6, 6.07) is 4.22. The minimum atomic E-state index is -0.803. The van der Waals surface area contributed by atoms with Crippen LogP contribution in [0.25, 0.3) is 0 Å². The van der Waals surface area contributed by atoms with Gasteiger partial charge < -0.3 is 15.0 Å². The monoisotopic (exact) mass is 256 g/mol. The molecule has 1 aromatic rings. The lowest BCUT2D eigenvalue weighted by Crippen LogP contribution is -2.44. The second-order valence-electron chi connectivity index (χ2n) is 4.60. The Balaban J connectivity index is 1.79. The second kappa shape index (κ2) is 6.22. The van der Waals surface area contributed by atoms with E-state index in [4.69, 9.17) is 4.74 Å². The molecule has 1 aliphatic heterocycles. The van der Waals surface area contributed by atoms with Gasteiger partial charge in [-0.2, -0.15) is 0 Å². The molecule has 1 heterocycles. The maximum atomic E-state index is 13.4. The van der Waals surface area contributed by atoms with Crippen LogP contribution in [0.15, 0.2) is 18.2 Å². The molecule has 1 atom stereocenters. The van der Waals surface area contributed by atoms with Crippen LogP contribution in [0.3, 0.4) is 0 Å². The molecule has 0 saturated carbocycles. The lowest BCUT2D eigenvalue weighted by Gasteiger charge is -2.30. The molecule has 0 aliphatic carbocycles. The van der Waals surface area contributed by atoms with E-state index in [1.54, 1.807) is 6.07 Å². The van der Waals surface area contributed by atoms with E-state index in [1.165, 1.54) is 6.07 Å². The molecule has 0 bridgehead atoms. The van der Waals surface area contributed by atoms with Crippen LogP contribution in [0, 0.1) is 11.6 Å². The Morgan fingerprint density at radius 1 is 1.44 bits per heavy atom. The summed E-state index contributed by atoms with van der Waals surface area (Å²) in [5.41, 5.74) is 0.346. The van der Waals surface area contributed by atoms with E-state index < -0.39 is 11.6 Å². The Morgan fingerprint density at radius 3 is 3.06 bits per heavy atom. The molecule has 18 heavy (non-hydrogen) atoms. The first kappa shape index (κ1) is 13.4. The summed E-state index contributed by atoms with van der Waals surface area (Å²) in [7, 11) is 2.04. The predicted molar refractivity (Wildman–Crippen MR) is 65.3 cm³/mol. The van der Waals surface area contributed by atoms with Crippen LogP contribution >= 0.6 is 0 Å². The van der Waals surface area contributed by atoms with Gasteiger partial charge in [0.05, 0.1) is 12.7 Å². The average molecular weight is 256 g/mol. The molecule has 0 radical (unpaired) electrons. The fourth-order valence-electron chi connectivity index (χ4n) is 2.04. The summed E-state index contributed by atoms with van der Waals surface area (Å²) in [6.45, 7) is 3.47. The van der Waals surface area contributed by atoms with Crippen LogP contribution in [0.1, 0.15) is 5.56 Å². The molecule has 5 heteroatoms. The van der Waals surface area contributed by atoms with Gasteiger partial charge in [-0.15, -0.1) is 0 Å². The zero-order chi connectivity index (χ0) is 13.0. The average Bonchev–Trinajstić information content (AvgIpc) is 2.35. The van der Waals surface area contributed by atoms with Crippen molar-refractivity contribution in [3.05, 3.63) is 35.4 Å². The lowest BCUT2D eigenvalue weighted by atomic mass is 10.2. The molecule has 1 unspecified atom stereocenters. The van der Waals surface area contributed by atoms with E-state index in [0.29, 0.717) is 18.7 Å². The maximum absolute atomic E-state index is 13.4. The van der Waals surface area contributed by atoms with Crippen molar-refractivity contribution in [1.29, 1.82) is 0 Å². The molecule has 1 aromatic carbocycles. The summed E-state index contributed by atoms with van der Waals surface area (Å²) in [4.78, 5) is 2.19. The highest BCUT2D eigenvalue weighted by molar-refractivity contribution is 5.18. The number of rotatable bonds is 4. The summed E-state index contributed by atoms with van der Waals surface area (Å²) < 4.78 is 31.9. The van der Waals surface area contributed by atoms with Crippen molar-refractivity contribution < 1.29 is 13.5 Å². The molecule has 1 aliphatic rings. The van der Waals surface area contributed by atoms with Crippen LogP contribution in [-0.4, -0.2) is 44.3 Å². The van der Waals surface area contributed by atoms with Gasteiger partial charge in [0.1, 0.15) is 0 Å². The summed E-state index contributed by atoms with van der Waals surface area (Å²) in [5, 5.41) is 3.10. The van der Waals surface area contributed by atoms with Crippen molar-refractivity contribution in [1.82, 2.24) is 10.2 Å². The number of nitrogens with zero attached hydrogens (tertiary/aromatic N) is 1. The van der Waals surface area contributed by atoms with Crippen LogP contribution in [0.5, 0.6) is 0 Å². The normalized spacial score (nSPS) is 21.2. The smallest absolute Gasteiger partial charge is 0.163 e. The molecule has 1 saturated heterocycles. The Kier molecular flexibility index (Phi) is 4.63. The minimum Gasteiger partial charge on any atom is -0.374 e.